The van der Waals surface area contributed by atoms with Gasteiger partial charge in [0.1, 0.15) is 0 Å². The average molecular weight is 209 g/mol. The zero-order chi connectivity index (χ0) is 9.97. The Balaban J connectivity index is 2.17. The van der Waals surface area contributed by atoms with Crippen molar-refractivity contribution in [2.75, 3.05) is 13.1 Å². The molecule has 1 aliphatic heterocycles. The third-order valence-corrected chi connectivity index (χ3v) is 3.19. The Labute approximate surface area is 90.7 Å². The van der Waals surface area contributed by atoms with Crippen molar-refractivity contribution in [1.29, 1.82) is 0 Å². The van der Waals surface area contributed by atoms with Gasteiger partial charge in [-0.15, -0.1) is 0 Å². The van der Waals surface area contributed by atoms with Gasteiger partial charge in [0.15, 0.2) is 0 Å². The Morgan fingerprint density at radius 1 is 1.21 bits per heavy atom. The standard InChI is InChI=1S/C12H15ClN/c1-10(14-8-4-5-9-14)11-6-2-3-7-12(11)13/h2-3,6-7,10H,1,4-5,8-9H2. The lowest BCUT2D eigenvalue weighted by molar-refractivity contribution is 0.286. The molecule has 1 atom stereocenters. The zero-order valence-electron chi connectivity index (χ0n) is 8.25. The van der Waals surface area contributed by atoms with Crippen molar-refractivity contribution in [3.8, 4) is 0 Å². The molecule has 0 aliphatic carbocycles. The maximum atomic E-state index is 6.13. The maximum absolute atomic E-state index is 6.13. The summed E-state index contributed by atoms with van der Waals surface area (Å²) in [5.41, 5.74) is 1.15. The van der Waals surface area contributed by atoms with Crippen molar-refractivity contribution >= 4 is 11.6 Å². The SMILES string of the molecule is [CH2]C(c1ccccc1Cl)N1CCCC1. The molecular formula is C12H15ClN. The molecule has 0 amide bonds. The molecule has 0 spiro atoms. The molecule has 0 bridgehead atoms. The monoisotopic (exact) mass is 208 g/mol. The van der Waals surface area contributed by atoms with Crippen molar-refractivity contribution in [2.45, 2.75) is 18.9 Å². The molecule has 1 nitrogen and oxygen atoms in total. The first-order valence-electron chi connectivity index (χ1n) is 5.10. The lowest BCUT2D eigenvalue weighted by Crippen LogP contribution is -2.23. The normalized spacial score (nSPS) is 19.9. The van der Waals surface area contributed by atoms with Gasteiger partial charge in [-0.05, 0) is 44.5 Å². The molecule has 1 aromatic rings. The molecule has 1 saturated heterocycles. The number of benzene rings is 1. The van der Waals surface area contributed by atoms with E-state index in [4.69, 9.17) is 11.6 Å². The van der Waals surface area contributed by atoms with Crippen LogP contribution in [0.3, 0.4) is 0 Å². The largest absolute Gasteiger partial charge is 0.296 e. The second kappa shape index (κ2) is 4.33. The molecule has 1 unspecified atom stereocenters. The summed E-state index contributed by atoms with van der Waals surface area (Å²) in [6.45, 7) is 6.50. The minimum Gasteiger partial charge on any atom is -0.296 e. The summed E-state index contributed by atoms with van der Waals surface area (Å²) in [7, 11) is 0. The molecule has 1 aliphatic rings. The van der Waals surface area contributed by atoms with Gasteiger partial charge in [0.05, 0.1) is 0 Å². The van der Waals surface area contributed by atoms with E-state index >= 15 is 0 Å². The maximum Gasteiger partial charge on any atom is 0.0453 e. The summed E-state index contributed by atoms with van der Waals surface area (Å²) in [6.07, 6.45) is 2.58. The predicted octanol–water partition coefficient (Wildman–Crippen LogP) is 3.31. The van der Waals surface area contributed by atoms with Crippen LogP contribution in [0.2, 0.25) is 5.02 Å². The number of rotatable bonds is 2. The highest BCUT2D eigenvalue weighted by Crippen LogP contribution is 2.28. The topological polar surface area (TPSA) is 3.24 Å². The Morgan fingerprint density at radius 3 is 2.50 bits per heavy atom. The third-order valence-electron chi connectivity index (χ3n) is 2.85. The molecule has 14 heavy (non-hydrogen) atoms. The first-order valence-corrected chi connectivity index (χ1v) is 5.48. The number of nitrogens with zero attached hydrogens (tertiary/aromatic N) is 1. The number of likely N-dealkylation sites (tertiary alicyclic amines) is 1. The molecule has 0 N–H and O–H groups in total. The molecule has 2 heteroatoms. The number of halogens is 1. The average Bonchev–Trinajstić information content (AvgIpc) is 2.70. The highest BCUT2D eigenvalue weighted by Gasteiger charge is 2.20. The Kier molecular flexibility index (Phi) is 3.09. The molecular weight excluding hydrogens is 194 g/mol. The van der Waals surface area contributed by atoms with E-state index in [1.165, 1.54) is 12.8 Å². The fraction of sp³-hybridized carbons (Fsp3) is 0.417. The molecule has 0 aromatic heterocycles. The van der Waals surface area contributed by atoms with E-state index in [0.717, 1.165) is 23.7 Å². The summed E-state index contributed by atoms with van der Waals surface area (Å²) < 4.78 is 0. The van der Waals surface area contributed by atoms with Crippen LogP contribution in [0.5, 0.6) is 0 Å². The molecule has 75 valence electrons. The summed E-state index contributed by atoms with van der Waals surface area (Å²) >= 11 is 6.13. The minimum absolute atomic E-state index is 0.214. The Morgan fingerprint density at radius 2 is 1.86 bits per heavy atom. The van der Waals surface area contributed by atoms with E-state index in [1.807, 2.05) is 18.2 Å². The molecule has 0 saturated carbocycles. The van der Waals surface area contributed by atoms with Crippen LogP contribution in [0.15, 0.2) is 24.3 Å². The van der Waals surface area contributed by atoms with E-state index in [9.17, 15) is 0 Å². The van der Waals surface area contributed by atoms with Crippen LogP contribution in [0.4, 0.5) is 0 Å². The van der Waals surface area contributed by atoms with Gasteiger partial charge in [0.2, 0.25) is 0 Å². The van der Waals surface area contributed by atoms with E-state index < -0.39 is 0 Å². The van der Waals surface area contributed by atoms with Crippen LogP contribution in [-0.4, -0.2) is 18.0 Å². The highest BCUT2D eigenvalue weighted by atomic mass is 35.5. The quantitative estimate of drug-likeness (QED) is 0.721. The lowest BCUT2D eigenvalue weighted by Gasteiger charge is -2.24. The van der Waals surface area contributed by atoms with Gasteiger partial charge in [0, 0.05) is 11.1 Å². The Bertz CT molecular complexity index is 305. The van der Waals surface area contributed by atoms with Crippen LogP contribution in [-0.2, 0) is 0 Å². The van der Waals surface area contributed by atoms with E-state index in [0.29, 0.717) is 0 Å². The summed E-state index contributed by atoms with van der Waals surface area (Å²) in [4.78, 5) is 2.39. The van der Waals surface area contributed by atoms with Crippen LogP contribution in [0.25, 0.3) is 0 Å². The molecule has 1 radical (unpaired) electrons. The number of hydrogen-bond acceptors (Lipinski definition) is 1. The van der Waals surface area contributed by atoms with E-state index in [-0.39, 0.29) is 6.04 Å². The first-order chi connectivity index (χ1) is 6.79. The second-order valence-corrected chi connectivity index (χ2v) is 4.19. The van der Waals surface area contributed by atoms with Crippen LogP contribution >= 0.6 is 11.6 Å². The molecule has 1 heterocycles. The summed E-state index contributed by atoms with van der Waals surface area (Å²) in [5.74, 6) is 0. The van der Waals surface area contributed by atoms with Gasteiger partial charge in [-0.25, -0.2) is 0 Å². The van der Waals surface area contributed by atoms with Gasteiger partial charge in [-0.3, -0.25) is 4.90 Å². The molecule has 1 fully saturated rings. The lowest BCUT2D eigenvalue weighted by atomic mass is 10.1. The first kappa shape index (κ1) is 10.0. The fourth-order valence-corrected chi connectivity index (χ4v) is 2.26. The predicted molar refractivity (Wildman–Crippen MR) is 60.4 cm³/mol. The highest BCUT2D eigenvalue weighted by molar-refractivity contribution is 6.31. The van der Waals surface area contributed by atoms with E-state index in [1.54, 1.807) is 0 Å². The molecule has 1 aromatic carbocycles. The second-order valence-electron chi connectivity index (χ2n) is 3.78. The van der Waals surface area contributed by atoms with E-state index in [2.05, 4.69) is 17.9 Å². The van der Waals surface area contributed by atoms with Gasteiger partial charge in [-0.1, -0.05) is 29.8 Å². The van der Waals surface area contributed by atoms with Crippen LogP contribution in [0.1, 0.15) is 24.4 Å². The fourth-order valence-electron chi connectivity index (χ4n) is 2.00. The van der Waals surface area contributed by atoms with Gasteiger partial charge in [0.25, 0.3) is 0 Å². The van der Waals surface area contributed by atoms with Gasteiger partial charge >= 0.3 is 0 Å². The summed E-state index contributed by atoms with van der Waals surface area (Å²) in [5, 5.41) is 0.833. The van der Waals surface area contributed by atoms with Crippen molar-refractivity contribution in [1.82, 2.24) is 4.90 Å². The van der Waals surface area contributed by atoms with Crippen molar-refractivity contribution in [2.24, 2.45) is 0 Å². The van der Waals surface area contributed by atoms with Crippen molar-refractivity contribution in [3.05, 3.63) is 41.8 Å². The number of hydrogen-bond donors (Lipinski definition) is 0. The summed E-state index contributed by atoms with van der Waals surface area (Å²) in [6, 6.07) is 8.20. The van der Waals surface area contributed by atoms with Crippen molar-refractivity contribution in [3.63, 3.8) is 0 Å². The van der Waals surface area contributed by atoms with Crippen molar-refractivity contribution < 1.29 is 0 Å². The van der Waals surface area contributed by atoms with Gasteiger partial charge in [-0.2, -0.15) is 0 Å². The Hall–Kier alpha value is -0.530. The van der Waals surface area contributed by atoms with Gasteiger partial charge < -0.3 is 0 Å². The minimum atomic E-state index is 0.214. The molecule has 2 rings (SSSR count). The smallest absolute Gasteiger partial charge is 0.0453 e. The third kappa shape index (κ3) is 1.94. The van der Waals surface area contributed by atoms with Crippen LogP contribution < -0.4 is 0 Å². The van der Waals surface area contributed by atoms with Crippen LogP contribution in [0, 0.1) is 6.92 Å². The zero-order valence-corrected chi connectivity index (χ0v) is 9.00.